The molecule has 13 heteroatoms. The molecule has 2 aromatic carbocycles. The Balaban J connectivity index is 1.73. The van der Waals surface area contributed by atoms with E-state index in [1.165, 1.54) is 24.4 Å². The van der Waals surface area contributed by atoms with E-state index in [2.05, 4.69) is 15.2 Å². The number of ether oxygens (including phenoxy) is 3. The van der Waals surface area contributed by atoms with E-state index in [0.29, 0.717) is 5.75 Å². The third-order valence-corrected chi connectivity index (χ3v) is 5.99. The standard InChI is InChI=1S/C25H20F3N3O6S/c1-3-35-24(34)20-18-13-38-22(29-21(32)14(2)36-16-7-5-4-6-8-16)19(18)23(33)31(30-20)15-9-11-17(12-10-15)37-25(26,27)28/h4-14H,3H2,1-2H3,(H,29,32). The summed E-state index contributed by atoms with van der Waals surface area (Å²) in [7, 11) is 0. The van der Waals surface area contributed by atoms with Crippen LogP contribution in [0.1, 0.15) is 24.3 Å². The van der Waals surface area contributed by atoms with Gasteiger partial charge in [-0.15, -0.1) is 24.5 Å². The zero-order valence-electron chi connectivity index (χ0n) is 19.9. The quantitative estimate of drug-likeness (QED) is 0.312. The number of hydrogen-bond donors (Lipinski definition) is 1. The van der Waals surface area contributed by atoms with Gasteiger partial charge in [-0.1, -0.05) is 18.2 Å². The summed E-state index contributed by atoms with van der Waals surface area (Å²) in [5.74, 6) is -1.40. The molecule has 0 spiro atoms. The molecule has 0 radical (unpaired) electrons. The molecule has 0 bridgehead atoms. The van der Waals surface area contributed by atoms with E-state index in [1.54, 1.807) is 37.3 Å². The number of halogens is 3. The molecule has 1 atom stereocenters. The second-order valence-electron chi connectivity index (χ2n) is 7.74. The molecule has 198 valence electrons. The number of thiophene rings is 1. The number of hydrogen-bond acceptors (Lipinski definition) is 8. The number of carbonyl (C=O) groups excluding carboxylic acids is 2. The van der Waals surface area contributed by atoms with Crippen LogP contribution in [0.15, 0.2) is 64.8 Å². The monoisotopic (exact) mass is 547 g/mol. The summed E-state index contributed by atoms with van der Waals surface area (Å²) in [6.07, 6.45) is -5.82. The lowest BCUT2D eigenvalue weighted by atomic mass is 10.2. The SMILES string of the molecule is CCOC(=O)c1nn(-c2ccc(OC(F)(F)F)cc2)c(=O)c2c(NC(=O)C(C)Oc3ccccc3)scc12. The number of amides is 1. The molecule has 0 fully saturated rings. The predicted octanol–water partition coefficient (Wildman–Crippen LogP) is 4.93. The first-order chi connectivity index (χ1) is 18.1. The van der Waals surface area contributed by atoms with E-state index in [0.717, 1.165) is 28.2 Å². The number of anilines is 1. The van der Waals surface area contributed by atoms with Crippen molar-refractivity contribution in [3.8, 4) is 17.2 Å². The van der Waals surface area contributed by atoms with E-state index in [-0.39, 0.29) is 33.8 Å². The minimum atomic E-state index is -4.89. The smallest absolute Gasteiger partial charge is 0.481 e. The molecule has 0 aliphatic heterocycles. The van der Waals surface area contributed by atoms with Crippen LogP contribution in [0.3, 0.4) is 0 Å². The highest BCUT2D eigenvalue weighted by atomic mass is 32.1. The molecular formula is C25H20F3N3O6S. The molecule has 4 rings (SSSR count). The fourth-order valence-electron chi connectivity index (χ4n) is 3.43. The van der Waals surface area contributed by atoms with Crippen LogP contribution in [0.5, 0.6) is 11.5 Å². The van der Waals surface area contributed by atoms with E-state index in [4.69, 9.17) is 9.47 Å². The van der Waals surface area contributed by atoms with E-state index in [1.807, 2.05) is 0 Å². The van der Waals surface area contributed by atoms with Crippen LogP contribution in [-0.4, -0.2) is 40.7 Å². The van der Waals surface area contributed by atoms with Gasteiger partial charge in [0.2, 0.25) is 0 Å². The van der Waals surface area contributed by atoms with Crippen molar-refractivity contribution in [1.29, 1.82) is 0 Å². The first kappa shape index (κ1) is 26.7. The maximum Gasteiger partial charge on any atom is 0.573 e. The molecule has 2 heterocycles. The van der Waals surface area contributed by atoms with Gasteiger partial charge in [0.15, 0.2) is 11.8 Å². The van der Waals surface area contributed by atoms with Crippen molar-refractivity contribution in [2.75, 3.05) is 11.9 Å². The molecule has 0 aliphatic rings. The lowest BCUT2D eigenvalue weighted by Gasteiger charge is -2.14. The fraction of sp³-hybridized carbons (Fsp3) is 0.200. The van der Waals surface area contributed by atoms with Gasteiger partial charge in [0.05, 0.1) is 17.7 Å². The zero-order valence-corrected chi connectivity index (χ0v) is 20.8. The van der Waals surface area contributed by atoms with Crippen LogP contribution >= 0.6 is 11.3 Å². The van der Waals surface area contributed by atoms with Gasteiger partial charge in [0.25, 0.3) is 11.5 Å². The van der Waals surface area contributed by atoms with Gasteiger partial charge < -0.3 is 19.5 Å². The van der Waals surface area contributed by atoms with Crippen LogP contribution < -0.4 is 20.3 Å². The van der Waals surface area contributed by atoms with E-state index in [9.17, 15) is 27.6 Å². The minimum Gasteiger partial charge on any atom is -0.481 e. The second-order valence-corrected chi connectivity index (χ2v) is 8.62. The molecule has 4 aromatic rings. The average molecular weight is 548 g/mol. The first-order valence-corrected chi connectivity index (χ1v) is 12.1. The van der Waals surface area contributed by atoms with Crippen molar-refractivity contribution in [3.63, 3.8) is 0 Å². The molecule has 0 aliphatic carbocycles. The highest BCUT2D eigenvalue weighted by Crippen LogP contribution is 2.31. The van der Waals surface area contributed by atoms with Crippen LogP contribution in [0, 0.1) is 0 Å². The van der Waals surface area contributed by atoms with Gasteiger partial charge in [0, 0.05) is 10.8 Å². The van der Waals surface area contributed by atoms with Crippen molar-refractivity contribution in [2.24, 2.45) is 0 Å². The summed E-state index contributed by atoms with van der Waals surface area (Å²) >= 11 is 0.998. The van der Waals surface area contributed by atoms with Crippen molar-refractivity contribution < 1.29 is 37.0 Å². The Morgan fingerprint density at radius 2 is 1.76 bits per heavy atom. The molecule has 1 N–H and O–H groups in total. The van der Waals surface area contributed by atoms with Crippen LogP contribution in [0.2, 0.25) is 0 Å². The van der Waals surface area contributed by atoms with Crippen LogP contribution in [0.25, 0.3) is 16.5 Å². The summed E-state index contributed by atoms with van der Waals surface area (Å²) < 4.78 is 53.0. The Bertz CT molecular complexity index is 1520. The third-order valence-electron chi connectivity index (χ3n) is 5.10. The fourth-order valence-corrected chi connectivity index (χ4v) is 4.37. The van der Waals surface area contributed by atoms with Crippen molar-refractivity contribution in [3.05, 3.63) is 76.0 Å². The first-order valence-electron chi connectivity index (χ1n) is 11.2. The van der Waals surface area contributed by atoms with E-state index < -0.39 is 35.7 Å². The topological polar surface area (TPSA) is 109 Å². The number of alkyl halides is 3. The number of rotatable bonds is 8. The Hall–Kier alpha value is -4.39. The molecule has 9 nitrogen and oxygen atoms in total. The molecular weight excluding hydrogens is 527 g/mol. The molecule has 1 unspecified atom stereocenters. The zero-order chi connectivity index (χ0) is 27.4. The number of benzene rings is 2. The summed E-state index contributed by atoms with van der Waals surface area (Å²) in [6.45, 7) is 3.16. The normalized spacial score (nSPS) is 12.1. The summed E-state index contributed by atoms with van der Waals surface area (Å²) in [6, 6.07) is 13.0. The lowest BCUT2D eigenvalue weighted by Crippen LogP contribution is -2.31. The summed E-state index contributed by atoms with van der Waals surface area (Å²) in [5, 5.41) is 8.52. The van der Waals surface area contributed by atoms with Gasteiger partial charge in [0.1, 0.15) is 16.5 Å². The second kappa shape index (κ2) is 10.9. The number of esters is 1. The Labute approximate surface area is 217 Å². The van der Waals surface area contributed by atoms with Crippen LogP contribution in [0.4, 0.5) is 18.2 Å². The number of nitrogens with zero attached hydrogens (tertiary/aromatic N) is 2. The number of nitrogens with one attached hydrogen (secondary N) is 1. The summed E-state index contributed by atoms with van der Waals surface area (Å²) in [5.41, 5.74) is -0.866. The highest BCUT2D eigenvalue weighted by Gasteiger charge is 2.31. The van der Waals surface area contributed by atoms with Crippen molar-refractivity contribution >= 4 is 39.0 Å². The Morgan fingerprint density at radius 1 is 1.08 bits per heavy atom. The van der Waals surface area contributed by atoms with Gasteiger partial charge in [-0.05, 0) is 50.2 Å². The lowest BCUT2D eigenvalue weighted by molar-refractivity contribution is -0.274. The summed E-state index contributed by atoms with van der Waals surface area (Å²) in [4.78, 5) is 39.0. The maximum atomic E-state index is 13.5. The van der Waals surface area contributed by atoms with Gasteiger partial charge in [-0.3, -0.25) is 9.59 Å². The Kier molecular flexibility index (Phi) is 7.67. The molecule has 0 saturated heterocycles. The number of aromatic nitrogens is 2. The molecule has 0 saturated carbocycles. The maximum absolute atomic E-state index is 13.5. The largest absolute Gasteiger partial charge is 0.573 e. The van der Waals surface area contributed by atoms with Gasteiger partial charge >= 0.3 is 12.3 Å². The third kappa shape index (κ3) is 5.94. The van der Waals surface area contributed by atoms with Crippen molar-refractivity contribution in [1.82, 2.24) is 9.78 Å². The molecule has 38 heavy (non-hydrogen) atoms. The van der Waals surface area contributed by atoms with Crippen molar-refractivity contribution in [2.45, 2.75) is 26.3 Å². The predicted molar refractivity (Wildman–Crippen MR) is 133 cm³/mol. The number of carbonyl (C=O) groups is 2. The van der Waals surface area contributed by atoms with Gasteiger partial charge in [-0.25, -0.2) is 4.79 Å². The van der Waals surface area contributed by atoms with Gasteiger partial charge in [-0.2, -0.15) is 9.78 Å². The Morgan fingerprint density at radius 3 is 2.39 bits per heavy atom. The van der Waals surface area contributed by atoms with Crippen LogP contribution in [-0.2, 0) is 9.53 Å². The number of para-hydroxylation sites is 1. The molecule has 2 aromatic heterocycles. The molecule has 1 amide bonds. The minimum absolute atomic E-state index is 0.0241. The van der Waals surface area contributed by atoms with E-state index >= 15 is 0 Å². The highest BCUT2D eigenvalue weighted by molar-refractivity contribution is 7.16. The average Bonchev–Trinajstić information content (AvgIpc) is 3.28. The number of fused-ring (bicyclic) bond motifs is 1.